The molecule has 0 aliphatic carbocycles. The highest BCUT2D eigenvalue weighted by molar-refractivity contribution is 9.10. The Hall–Kier alpha value is 0.100. The second kappa shape index (κ2) is 5.75. The molecule has 4 heteroatoms. The van der Waals surface area contributed by atoms with Crippen LogP contribution in [0.25, 0.3) is 0 Å². The Labute approximate surface area is 91.2 Å². The second-order valence-electron chi connectivity index (χ2n) is 2.94. The van der Waals surface area contributed by atoms with Crippen LogP contribution >= 0.6 is 27.3 Å². The van der Waals surface area contributed by atoms with Crippen molar-refractivity contribution in [1.29, 1.82) is 0 Å². The van der Waals surface area contributed by atoms with Crippen molar-refractivity contribution in [2.24, 2.45) is 5.73 Å². The van der Waals surface area contributed by atoms with Crippen molar-refractivity contribution >= 4 is 27.3 Å². The molecule has 2 N–H and O–H groups in total. The van der Waals surface area contributed by atoms with Crippen LogP contribution in [0, 0.1) is 0 Å². The minimum absolute atomic E-state index is 0.204. The summed E-state index contributed by atoms with van der Waals surface area (Å²) in [7, 11) is 1.70. The Morgan fingerprint density at radius 2 is 2.46 bits per heavy atom. The number of hydrogen-bond donors (Lipinski definition) is 1. The fraction of sp³-hybridized carbons (Fsp3) is 0.556. The van der Waals surface area contributed by atoms with Crippen molar-refractivity contribution in [3.8, 4) is 0 Å². The molecule has 0 bridgehead atoms. The van der Waals surface area contributed by atoms with Crippen LogP contribution in [0.2, 0.25) is 0 Å². The number of nitrogens with two attached hydrogens (primary N) is 1. The van der Waals surface area contributed by atoms with E-state index >= 15 is 0 Å². The van der Waals surface area contributed by atoms with Crippen LogP contribution in [-0.4, -0.2) is 19.8 Å². The molecule has 0 spiro atoms. The molecule has 1 atom stereocenters. The van der Waals surface area contributed by atoms with Gasteiger partial charge in [0.2, 0.25) is 0 Å². The molecule has 74 valence electrons. The summed E-state index contributed by atoms with van der Waals surface area (Å²) in [5, 5.41) is 2.07. The minimum atomic E-state index is 0.204. The van der Waals surface area contributed by atoms with Crippen LogP contribution in [0.15, 0.2) is 15.9 Å². The van der Waals surface area contributed by atoms with Gasteiger partial charge in [-0.05, 0) is 40.2 Å². The molecule has 1 heterocycles. The molecular formula is C9H14BrNOS. The summed E-state index contributed by atoms with van der Waals surface area (Å²) in [5.41, 5.74) is 5.93. The predicted molar refractivity (Wildman–Crippen MR) is 60.2 cm³/mol. The van der Waals surface area contributed by atoms with Gasteiger partial charge in [0.1, 0.15) is 0 Å². The van der Waals surface area contributed by atoms with E-state index < -0.39 is 0 Å². The van der Waals surface area contributed by atoms with Crippen LogP contribution in [0.1, 0.15) is 11.3 Å². The van der Waals surface area contributed by atoms with Gasteiger partial charge in [-0.15, -0.1) is 11.3 Å². The Morgan fingerprint density at radius 1 is 1.69 bits per heavy atom. The van der Waals surface area contributed by atoms with E-state index in [0.29, 0.717) is 0 Å². The van der Waals surface area contributed by atoms with Crippen molar-refractivity contribution < 1.29 is 4.74 Å². The molecule has 0 aromatic carbocycles. The zero-order chi connectivity index (χ0) is 9.68. The topological polar surface area (TPSA) is 35.2 Å². The molecule has 13 heavy (non-hydrogen) atoms. The van der Waals surface area contributed by atoms with E-state index in [1.54, 1.807) is 18.4 Å². The molecule has 0 saturated carbocycles. The van der Waals surface area contributed by atoms with E-state index in [2.05, 4.69) is 27.4 Å². The Morgan fingerprint density at radius 3 is 3.00 bits per heavy atom. The maximum absolute atomic E-state index is 5.93. The number of rotatable bonds is 5. The number of ether oxygens (including phenoxy) is 1. The van der Waals surface area contributed by atoms with E-state index in [-0.39, 0.29) is 6.04 Å². The van der Waals surface area contributed by atoms with Gasteiger partial charge in [-0.3, -0.25) is 0 Å². The van der Waals surface area contributed by atoms with Crippen molar-refractivity contribution in [3.63, 3.8) is 0 Å². The summed E-state index contributed by atoms with van der Waals surface area (Å²) >= 11 is 5.23. The zero-order valence-corrected chi connectivity index (χ0v) is 10.0. The lowest BCUT2D eigenvalue weighted by atomic mass is 10.1. The van der Waals surface area contributed by atoms with Crippen LogP contribution in [-0.2, 0) is 11.2 Å². The van der Waals surface area contributed by atoms with Gasteiger partial charge in [0.05, 0.1) is 0 Å². The minimum Gasteiger partial charge on any atom is -0.385 e. The number of halogens is 1. The molecule has 0 saturated heterocycles. The lowest BCUT2D eigenvalue weighted by Crippen LogP contribution is -2.24. The Bertz CT molecular complexity index is 252. The van der Waals surface area contributed by atoms with Crippen molar-refractivity contribution in [2.75, 3.05) is 13.7 Å². The van der Waals surface area contributed by atoms with Crippen LogP contribution in [0.3, 0.4) is 0 Å². The number of hydrogen-bond acceptors (Lipinski definition) is 3. The molecule has 0 aliphatic rings. The van der Waals surface area contributed by atoms with Gasteiger partial charge in [0, 0.05) is 29.1 Å². The van der Waals surface area contributed by atoms with Crippen LogP contribution < -0.4 is 5.73 Å². The SMILES string of the molecule is COCCC(N)Cc1sccc1Br. The first-order valence-electron chi connectivity index (χ1n) is 4.20. The van der Waals surface area contributed by atoms with Crippen molar-refractivity contribution in [1.82, 2.24) is 0 Å². The maximum Gasteiger partial charge on any atom is 0.0477 e. The largest absolute Gasteiger partial charge is 0.385 e. The smallest absolute Gasteiger partial charge is 0.0477 e. The van der Waals surface area contributed by atoms with E-state index in [0.717, 1.165) is 19.4 Å². The average molecular weight is 264 g/mol. The Kier molecular flexibility index (Phi) is 4.94. The highest BCUT2D eigenvalue weighted by Gasteiger charge is 2.07. The first-order valence-corrected chi connectivity index (χ1v) is 5.87. The molecule has 1 rings (SSSR count). The molecule has 0 amide bonds. The summed E-state index contributed by atoms with van der Waals surface area (Å²) in [6, 6.07) is 2.26. The molecule has 1 unspecified atom stereocenters. The molecule has 0 fully saturated rings. The predicted octanol–water partition coefficient (Wildman–Crippen LogP) is 2.42. The third-order valence-electron chi connectivity index (χ3n) is 1.83. The molecular weight excluding hydrogens is 250 g/mol. The third-order valence-corrected chi connectivity index (χ3v) is 3.78. The molecule has 1 aromatic rings. The summed E-state index contributed by atoms with van der Waals surface area (Å²) in [5.74, 6) is 0. The first kappa shape index (κ1) is 11.2. The van der Waals surface area contributed by atoms with Gasteiger partial charge in [0.25, 0.3) is 0 Å². The second-order valence-corrected chi connectivity index (χ2v) is 4.79. The number of methoxy groups -OCH3 is 1. The van der Waals surface area contributed by atoms with Gasteiger partial charge in [-0.1, -0.05) is 0 Å². The molecule has 0 radical (unpaired) electrons. The van der Waals surface area contributed by atoms with Gasteiger partial charge >= 0.3 is 0 Å². The quantitative estimate of drug-likeness (QED) is 0.886. The van der Waals surface area contributed by atoms with E-state index in [4.69, 9.17) is 10.5 Å². The van der Waals surface area contributed by atoms with Crippen LogP contribution in [0.5, 0.6) is 0 Å². The summed E-state index contributed by atoms with van der Waals surface area (Å²) < 4.78 is 6.15. The normalized spacial score (nSPS) is 13.2. The Balaban J connectivity index is 2.36. The van der Waals surface area contributed by atoms with E-state index in [1.807, 2.05) is 0 Å². The highest BCUT2D eigenvalue weighted by Crippen LogP contribution is 2.23. The van der Waals surface area contributed by atoms with E-state index in [1.165, 1.54) is 9.35 Å². The van der Waals surface area contributed by atoms with Gasteiger partial charge < -0.3 is 10.5 Å². The number of thiophene rings is 1. The van der Waals surface area contributed by atoms with Crippen LogP contribution in [0.4, 0.5) is 0 Å². The average Bonchev–Trinajstić information content (AvgIpc) is 2.48. The first-order chi connectivity index (χ1) is 6.24. The fourth-order valence-corrected chi connectivity index (χ4v) is 2.69. The third kappa shape index (κ3) is 3.77. The molecule has 2 nitrogen and oxygen atoms in total. The maximum atomic E-state index is 5.93. The fourth-order valence-electron chi connectivity index (χ4n) is 1.08. The van der Waals surface area contributed by atoms with Gasteiger partial charge in [-0.25, -0.2) is 0 Å². The van der Waals surface area contributed by atoms with Gasteiger partial charge in [-0.2, -0.15) is 0 Å². The lowest BCUT2D eigenvalue weighted by Gasteiger charge is -2.09. The zero-order valence-electron chi connectivity index (χ0n) is 7.63. The van der Waals surface area contributed by atoms with Crippen molar-refractivity contribution in [3.05, 3.63) is 20.8 Å². The monoisotopic (exact) mass is 263 g/mol. The van der Waals surface area contributed by atoms with E-state index in [9.17, 15) is 0 Å². The summed E-state index contributed by atoms with van der Waals surface area (Å²) in [4.78, 5) is 1.32. The standard InChI is InChI=1S/C9H14BrNOS/c1-12-4-2-7(11)6-9-8(10)3-5-13-9/h3,5,7H,2,4,6,11H2,1H3. The van der Waals surface area contributed by atoms with Gasteiger partial charge in [0.15, 0.2) is 0 Å². The summed E-state index contributed by atoms with van der Waals surface area (Å²) in [6.07, 6.45) is 1.85. The lowest BCUT2D eigenvalue weighted by molar-refractivity contribution is 0.188. The van der Waals surface area contributed by atoms with Crippen molar-refractivity contribution in [2.45, 2.75) is 18.9 Å². The summed E-state index contributed by atoms with van der Waals surface area (Å²) in [6.45, 7) is 0.740. The highest BCUT2D eigenvalue weighted by atomic mass is 79.9. The molecule has 1 aromatic heterocycles. The molecule has 0 aliphatic heterocycles.